The average Bonchev–Trinajstić information content (AvgIpc) is 2.66. The van der Waals surface area contributed by atoms with Gasteiger partial charge in [0.1, 0.15) is 0 Å². The van der Waals surface area contributed by atoms with Crippen molar-refractivity contribution in [1.29, 1.82) is 0 Å². The quantitative estimate of drug-likeness (QED) is 0.592. The van der Waals surface area contributed by atoms with E-state index in [4.69, 9.17) is 0 Å². The van der Waals surface area contributed by atoms with Gasteiger partial charge in [-0.2, -0.15) is 0 Å². The van der Waals surface area contributed by atoms with Crippen molar-refractivity contribution in [2.45, 2.75) is 11.4 Å². The summed E-state index contributed by atoms with van der Waals surface area (Å²) in [6.45, 7) is 0.264. The lowest BCUT2D eigenvalue weighted by molar-refractivity contribution is 0.581. The van der Waals surface area contributed by atoms with Crippen LogP contribution in [0.1, 0.15) is 5.56 Å². The minimum Gasteiger partial charge on any atom is -0.207 e. The minimum atomic E-state index is -3.55. The van der Waals surface area contributed by atoms with Crippen molar-refractivity contribution in [3.63, 3.8) is 0 Å². The SMILES string of the molecule is O=S(=O)(NCc1ccc2ccccc2c1)c1ccc2ccccc2c1. The minimum absolute atomic E-state index is 0.264. The highest BCUT2D eigenvalue weighted by Gasteiger charge is 2.14. The maximum absolute atomic E-state index is 12.6. The smallest absolute Gasteiger partial charge is 0.207 e. The fourth-order valence-electron chi connectivity index (χ4n) is 2.94. The highest BCUT2D eigenvalue weighted by molar-refractivity contribution is 7.89. The number of nitrogens with one attached hydrogen (secondary N) is 1. The molecule has 0 aromatic heterocycles. The summed E-state index contributed by atoms with van der Waals surface area (Å²) in [5.41, 5.74) is 0.933. The van der Waals surface area contributed by atoms with Crippen LogP contribution in [0, 0.1) is 0 Å². The van der Waals surface area contributed by atoms with Gasteiger partial charge >= 0.3 is 0 Å². The van der Waals surface area contributed by atoms with E-state index in [1.807, 2.05) is 72.8 Å². The molecule has 1 N–H and O–H groups in total. The Hall–Kier alpha value is -2.69. The molecule has 0 atom stereocenters. The van der Waals surface area contributed by atoms with Crippen LogP contribution in [-0.4, -0.2) is 8.42 Å². The van der Waals surface area contributed by atoms with Crippen LogP contribution < -0.4 is 4.72 Å². The van der Waals surface area contributed by atoms with Gasteiger partial charge in [-0.3, -0.25) is 0 Å². The molecule has 4 rings (SSSR count). The first-order valence-corrected chi connectivity index (χ1v) is 9.56. The second-order valence-electron chi connectivity index (χ2n) is 6.02. The van der Waals surface area contributed by atoms with Crippen molar-refractivity contribution in [3.8, 4) is 0 Å². The van der Waals surface area contributed by atoms with Crippen LogP contribution in [0.2, 0.25) is 0 Å². The van der Waals surface area contributed by atoms with Crippen molar-refractivity contribution in [1.82, 2.24) is 4.72 Å². The molecule has 0 saturated heterocycles. The predicted molar refractivity (Wildman–Crippen MR) is 102 cm³/mol. The summed E-state index contributed by atoms with van der Waals surface area (Å²) in [6, 6.07) is 26.9. The van der Waals surface area contributed by atoms with Gasteiger partial charge < -0.3 is 0 Å². The van der Waals surface area contributed by atoms with Gasteiger partial charge in [-0.15, -0.1) is 0 Å². The van der Waals surface area contributed by atoms with Crippen molar-refractivity contribution in [3.05, 3.63) is 90.5 Å². The van der Waals surface area contributed by atoms with E-state index < -0.39 is 10.0 Å². The molecule has 0 heterocycles. The van der Waals surface area contributed by atoms with E-state index in [9.17, 15) is 8.42 Å². The maximum Gasteiger partial charge on any atom is 0.240 e. The first-order valence-electron chi connectivity index (χ1n) is 8.08. The summed E-state index contributed by atoms with van der Waals surface area (Å²) in [6.07, 6.45) is 0. The molecule has 0 radical (unpaired) electrons. The van der Waals surface area contributed by atoms with Gasteiger partial charge in [0.25, 0.3) is 0 Å². The lowest BCUT2D eigenvalue weighted by Crippen LogP contribution is -2.23. The van der Waals surface area contributed by atoms with Gasteiger partial charge in [-0.05, 0) is 45.3 Å². The average molecular weight is 347 g/mol. The largest absolute Gasteiger partial charge is 0.240 e. The third-order valence-electron chi connectivity index (χ3n) is 4.31. The normalized spacial score (nSPS) is 11.8. The molecule has 0 bridgehead atoms. The monoisotopic (exact) mass is 347 g/mol. The molecule has 4 aromatic rings. The molecule has 3 nitrogen and oxygen atoms in total. The zero-order valence-electron chi connectivity index (χ0n) is 13.5. The molecular formula is C21H17NO2S. The van der Waals surface area contributed by atoms with Gasteiger partial charge in [0, 0.05) is 6.54 Å². The molecular weight excluding hydrogens is 330 g/mol. The molecule has 0 spiro atoms. The lowest BCUT2D eigenvalue weighted by atomic mass is 10.1. The van der Waals surface area contributed by atoms with Gasteiger partial charge in [-0.1, -0.05) is 66.7 Å². The van der Waals surface area contributed by atoms with E-state index in [1.165, 1.54) is 0 Å². The Morgan fingerprint density at radius 3 is 1.88 bits per heavy atom. The Labute approximate surface area is 147 Å². The molecule has 124 valence electrons. The Morgan fingerprint density at radius 2 is 1.20 bits per heavy atom. The Morgan fingerprint density at radius 1 is 0.640 bits per heavy atom. The Balaban J connectivity index is 1.59. The fourth-order valence-corrected chi connectivity index (χ4v) is 4.00. The van der Waals surface area contributed by atoms with Crippen LogP contribution in [-0.2, 0) is 16.6 Å². The summed E-state index contributed by atoms with van der Waals surface area (Å²) >= 11 is 0. The number of hydrogen-bond donors (Lipinski definition) is 1. The number of benzene rings is 4. The van der Waals surface area contributed by atoms with Crippen LogP contribution in [0.3, 0.4) is 0 Å². The Bertz CT molecular complexity index is 1170. The first-order chi connectivity index (χ1) is 12.1. The number of hydrogen-bond acceptors (Lipinski definition) is 2. The number of fused-ring (bicyclic) bond motifs is 2. The van der Waals surface area contributed by atoms with Crippen LogP contribution in [0.15, 0.2) is 89.8 Å². The summed E-state index contributed by atoms with van der Waals surface area (Å²) in [7, 11) is -3.55. The van der Waals surface area contributed by atoms with Crippen LogP contribution in [0.5, 0.6) is 0 Å². The zero-order chi connectivity index (χ0) is 17.3. The third-order valence-corrected chi connectivity index (χ3v) is 5.71. The predicted octanol–water partition coefficient (Wildman–Crippen LogP) is 4.47. The first kappa shape index (κ1) is 15.8. The second-order valence-corrected chi connectivity index (χ2v) is 7.78. The summed E-state index contributed by atoms with van der Waals surface area (Å²) in [5, 5.41) is 4.18. The molecule has 0 aliphatic carbocycles. The van der Waals surface area contributed by atoms with E-state index in [0.717, 1.165) is 27.1 Å². The number of sulfonamides is 1. The summed E-state index contributed by atoms with van der Waals surface area (Å²) in [4.78, 5) is 0.284. The molecule has 0 saturated carbocycles. The number of rotatable bonds is 4. The van der Waals surface area contributed by atoms with Crippen LogP contribution in [0.25, 0.3) is 21.5 Å². The van der Waals surface area contributed by atoms with Gasteiger partial charge in [-0.25, -0.2) is 13.1 Å². The molecule has 0 unspecified atom stereocenters. The van der Waals surface area contributed by atoms with E-state index in [2.05, 4.69) is 4.72 Å². The standard InChI is InChI=1S/C21H17NO2S/c23-25(24,21-12-11-18-6-2-4-8-20(18)14-21)22-15-16-9-10-17-5-1-3-7-19(17)13-16/h1-14,22H,15H2. The zero-order valence-corrected chi connectivity index (χ0v) is 14.3. The van der Waals surface area contributed by atoms with Crippen molar-refractivity contribution < 1.29 is 8.42 Å². The molecule has 0 amide bonds. The molecule has 0 fully saturated rings. The second kappa shape index (κ2) is 6.31. The van der Waals surface area contributed by atoms with Gasteiger partial charge in [0.15, 0.2) is 0 Å². The molecule has 4 heteroatoms. The van der Waals surface area contributed by atoms with E-state index in [0.29, 0.717) is 0 Å². The van der Waals surface area contributed by atoms with Crippen LogP contribution in [0.4, 0.5) is 0 Å². The van der Waals surface area contributed by atoms with Crippen molar-refractivity contribution >= 4 is 31.6 Å². The molecule has 0 aliphatic rings. The van der Waals surface area contributed by atoms with E-state index in [1.54, 1.807) is 12.1 Å². The summed E-state index contributed by atoms with van der Waals surface area (Å²) < 4.78 is 27.9. The van der Waals surface area contributed by atoms with Gasteiger partial charge in [0.2, 0.25) is 10.0 Å². The molecule has 0 aliphatic heterocycles. The topological polar surface area (TPSA) is 46.2 Å². The van der Waals surface area contributed by atoms with Gasteiger partial charge in [0.05, 0.1) is 4.90 Å². The highest BCUT2D eigenvalue weighted by atomic mass is 32.2. The van der Waals surface area contributed by atoms with Crippen molar-refractivity contribution in [2.75, 3.05) is 0 Å². The van der Waals surface area contributed by atoms with E-state index in [-0.39, 0.29) is 11.4 Å². The van der Waals surface area contributed by atoms with Crippen LogP contribution >= 0.6 is 0 Å². The summed E-state index contributed by atoms with van der Waals surface area (Å²) in [5.74, 6) is 0. The lowest BCUT2D eigenvalue weighted by Gasteiger charge is -2.09. The highest BCUT2D eigenvalue weighted by Crippen LogP contribution is 2.20. The maximum atomic E-state index is 12.6. The molecule has 4 aromatic carbocycles. The Kier molecular flexibility index (Phi) is 3.99. The van der Waals surface area contributed by atoms with E-state index >= 15 is 0 Å². The van der Waals surface area contributed by atoms with Crippen molar-refractivity contribution in [2.24, 2.45) is 0 Å². The fraction of sp³-hybridized carbons (Fsp3) is 0.0476. The third kappa shape index (κ3) is 3.27. The molecule has 25 heavy (non-hydrogen) atoms.